The molecule has 1 aliphatic rings. The van der Waals surface area contributed by atoms with E-state index in [0.29, 0.717) is 13.0 Å². The fraction of sp³-hybridized carbons (Fsp3) is 0.385. The van der Waals surface area contributed by atoms with Crippen LogP contribution in [0.3, 0.4) is 0 Å². The number of nitrogens with one attached hydrogen (secondary N) is 1. The fourth-order valence-electron chi connectivity index (χ4n) is 1.74. The number of aromatic nitrogens is 1. The Hall–Kier alpha value is -2.04. The minimum Gasteiger partial charge on any atom is -0.356 e. The van der Waals surface area contributed by atoms with E-state index in [0.717, 1.165) is 12.8 Å². The first kappa shape index (κ1) is 12.4. The van der Waals surface area contributed by atoms with E-state index in [1.54, 1.807) is 18.6 Å². The maximum Gasteiger partial charge on any atom is 0.228 e. The lowest BCUT2D eigenvalue weighted by atomic mass is 10.1. The topological polar surface area (TPSA) is 66.7 Å². The quantitative estimate of drug-likeness (QED) is 0.791. The third-order valence-electron chi connectivity index (χ3n) is 2.76. The Balaban J connectivity index is 1.65. The second kappa shape index (κ2) is 6.64. The molecule has 94 valence electrons. The number of hydrogen-bond donors (Lipinski definition) is 1. The molecular weight excluding hydrogens is 228 g/mol. The molecule has 18 heavy (non-hydrogen) atoms. The van der Waals surface area contributed by atoms with Crippen molar-refractivity contribution < 1.29 is 4.79 Å². The Morgan fingerprint density at radius 3 is 3.11 bits per heavy atom. The van der Waals surface area contributed by atoms with Crippen molar-refractivity contribution in [1.82, 2.24) is 10.3 Å². The maximum absolute atomic E-state index is 11.7. The smallest absolute Gasteiger partial charge is 0.228 e. The largest absolute Gasteiger partial charge is 0.356 e. The van der Waals surface area contributed by atoms with Crippen LogP contribution in [-0.4, -0.2) is 29.9 Å². The number of nitrogens with zero attached hydrogens (tertiary/aromatic N) is 3. The van der Waals surface area contributed by atoms with E-state index in [2.05, 4.69) is 20.5 Å². The lowest BCUT2D eigenvalue weighted by molar-refractivity contribution is -0.122. The van der Waals surface area contributed by atoms with Crippen LogP contribution in [0.15, 0.2) is 34.7 Å². The van der Waals surface area contributed by atoms with Gasteiger partial charge >= 0.3 is 0 Å². The predicted octanol–water partition coefficient (Wildman–Crippen LogP) is 1.21. The summed E-state index contributed by atoms with van der Waals surface area (Å²) in [5.41, 5.74) is 1.19. The molecule has 0 radical (unpaired) electrons. The maximum atomic E-state index is 11.7. The van der Waals surface area contributed by atoms with Gasteiger partial charge < -0.3 is 5.32 Å². The molecule has 5 heteroatoms. The van der Waals surface area contributed by atoms with E-state index in [9.17, 15) is 4.79 Å². The standard InChI is InChI=1S/C13H16N4O/c18-13(12-5-8-16-17-10-12)15-7-2-4-11-3-1-6-14-9-11/h1,3,6,8-10,12H,2,4-5,7H2,(H,15,18). The van der Waals surface area contributed by atoms with E-state index < -0.39 is 0 Å². The molecule has 0 saturated carbocycles. The summed E-state index contributed by atoms with van der Waals surface area (Å²) in [4.78, 5) is 15.8. The summed E-state index contributed by atoms with van der Waals surface area (Å²) in [6.07, 6.45) is 9.35. The average Bonchev–Trinajstić information content (AvgIpc) is 2.45. The van der Waals surface area contributed by atoms with Crippen LogP contribution in [0, 0.1) is 5.92 Å². The molecule has 1 N–H and O–H groups in total. The van der Waals surface area contributed by atoms with Gasteiger partial charge in [0.25, 0.3) is 0 Å². The van der Waals surface area contributed by atoms with Gasteiger partial charge in [0.05, 0.1) is 5.92 Å². The van der Waals surface area contributed by atoms with Gasteiger partial charge in [0.15, 0.2) is 0 Å². The van der Waals surface area contributed by atoms with Crippen molar-refractivity contribution >= 4 is 18.3 Å². The summed E-state index contributed by atoms with van der Waals surface area (Å²) in [6.45, 7) is 0.676. The van der Waals surface area contributed by atoms with Crippen LogP contribution in [0.25, 0.3) is 0 Å². The molecule has 1 unspecified atom stereocenters. The predicted molar refractivity (Wildman–Crippen MR) is 70.7 cm³/mol. The molecule has 0 fully saturated rings. The Labute approximate surface area is 106 Å². The van der Waals surface area contributed by atoms with Crippen molar-refractivity contribution in [2.45, 2.75) is 19.3 Å². The van der Waals surface area contributed by atoms with Crippen LogP contribution in [0.2, 0.25) is 0 Å². The van der Waals surface area contributed by atoms with Gasteiger partial charge in [0, 0.05) is 37.8 Å². The summed E-state index contributed by atoms with van der Waals surface area (Å²) in [7, 11) is 0. The molecule has 1 aromatic rings. The van der Waals surface area contributed by atoms with Crippen LogP contribution in [0.4, 0.5) is 0 Å². The van der Waals surface area contributed by atoms with Gasteiger partial charge in [-0.15, -0.1) is 0 Å². The number of amides is 1. The van der Waals surface area contributed by atoms with Crippen molar-refractivity contribution in [2.75, 3.05) is 6.54 Å². The van der Waals surface area contributed by atoms with E-state index in [4.69, 9.17) is 0 Å². The molecule has 2 heterocycles. The number of aryl methyl sites for hydroxylation is 1. The summed E-state index contributed by atoms with van der Waals surface area (Å²) < 4.78 is 0. The van der Waals surface area contributed by atoms with Crippen molar-refractivity contribution in [3.8, 4) is 0 Å². The lowest BCUT2D eigenvalue weighted by Gasteiger charge is -2.11. The van der Waals surface area contributed by atoms with Crippen LogP contribution >= 0.6 is 0 Å². The first-order valence-corrected chi connectivity index (χ1v) is 6.08. The third kappa shape index (κ3) is 3.76. The lowest BCUT2D eigenvalue weighted by Crippen LogP contribution is -2.33. The van der Waals surface area contributed by atoms with Crippen LogP contribution in [-0.2, 0) is 11.2 Å². The zero-order valence-electron chi connectivity index (χ0n) is 10.1. The molecule has 1 aliphatic heterocycles. The summed E-state index contributed by atoms with van der Waals surface area (Å²) in [5, 5.41) is 10.3. The van der Waals surface area contributed by atoms with Gasteiger partial charge in [-0.05, 0) is 24.5 Å². The van der Waals surface area contributed by atoms with Gasteiger partial charge in [-0.2, -0.15) is 10.2 Å². The molecule has 0 aliphatic carbocycles. The number of hydrogen-bond acceptors (Lipinski definition) is 4. The summed E-state index contributed by atoms with van der Waals surface area (Å²) >= 11 is 0. The van der Waals surface area contributed by atoms with E-state index in [1.807, 2.05) is 18.3 Å². The SMILES string of the molecule is O=C(NCCCc1cccnc1)C1C=NN=CC1. The Morgan fingerprint density at radius 1 is 1.44 bits per heavy atom. The zero-order chi connectivity index (χ0) is 12.6. The first-order valence-electron chi connectivity index (χ1n) is 6.08. The van der Waals surface area contributed by atoms with Crippen molar-refractivity contribution in [2.24, 2.45) is 16.1 Å². The molecule has 2 rings (SSSR count). The Bertz CT molecular complexity index is 442. The highest BCUT2D eigenvalue weighted by molar-refractivity contribution is 5.96. The number of rotatable bonds is 5. The average molecular weight is 244 g/mol. The van der Waals surface area contributed by atoms with Gasteiger partial charge in [0.1, 0.15) is 0 Å². The third-order valence-corrected chi connectivity index (χ3v) is 2.76. The normalized spacial score (nSPS) is 17.7. The van der Waals surface area contributed by atoms with Crippen molar-refractivity contribution in [1.29, 1.82) is 0 Å². The molecule has 1 amide bonds. The van der Waals surface area contributed by atoms with Gasteiger partial charge in [0.2, 0.25) is 5.91 Å². The first-order chi connectivity index (χ1) is 8.86. The number of pyridine rings is 1. The van der Waals surface area contributed by atoms with Crippen molar-refractivity contribution in [3.05, 3.63) is 30.1 Å². The van der Waals surface area contributed by atoms with E-state index >= 15 is 0 Å². The van der Waals surface area contributed by atoms with E-state index in [1.165, 1.54) is 5.56 Å². The molecule has 1 atom stereocenters. The van der Waals surface area contributed by atoms with Gasteiger partial charge in [-0.25, -0.2) is 0 Å². The second-order valence-corrected chi connectivity index (χ2v) is 4.16. The number of carbonyl (C=O) groups excluding carboxylic acids is 1. The zero-order valence-corrected chi connectivity index (χ0v) is 10.1. The molecule has 1 aromatic heterocycles. The molecule has 0 bridgehead atoms. The minimum absolute atomic E-state index is 0.0242. The highest BCUT2D eigenvalue weighted by Crippen LogP contribution is 2.03. The van der Waals surface area contributed by atoms with Gasteiger partial charge in [-0.1, -0.05) is 6.07 Å². The van der Waals surface area contributed by atoms with Crippen molar-refractivity contribution in [3.63, 3.8) is 0 Å². The summed E-state index contributed by atoms with van der Waals surface area (Å²) in [5.74, 6) is -0.142. The van der Waals surface area contributed by atoms with Gasteiger partial charge in [-0.3, -0.25) is 9.78 Å². The minimum atomic E-state index is -0.166. The summed E-state index contributed by atoms with van der Waals surface area (Å²) in [6, 6.07) is 3.96. The van der Waals surface area contributed by atoms with Crippen LogP contribution in [0.5, 0.6) is 0 Å². The number of carbonyl (C=O) groups is 1. The van der Waals surface area contributed by atoms with Crippen LogP contribution < -0.4 is 5.32 Å². The van der Waals surface area contributed by atoms with E-state index in [-0.39, 0.29) is 11.8 Å². The molecule has 0 spiro atoms. The second-order valence-electron chi connectivity index (χ2n) is 4.16. The molecular formula is C13H16N4O. The molecule has 0 aromatic carbocycles. The highest BCUT2D eigenvalue weighted by atomic mass is 16.1. The molecule has 5 nitrogen and oxygen atoms in total. The van der Waals surface area contributed by atoms with Crippen LogP contribution in [0.1, 0.15) is 18.4 Å². The Kier molecular flexibility index (Phi) is 4.58. The Morgan fingerprint density at radius 2 is 2.39 bits per heavy atom. The fourth-order valence-corrected chi connectivity index (χ4v) is 1.74. The highest BCUT2D eigenvalue weighted by Gasteiger charge is 2.16. The monoisotopic (exact) mass is 244 g/mol. The molecule has 0 saturated heterocycles.